The average molecular weight is 402 g/mol. The molecule has 0 aliphatic heterocycles. The lowest BCUT2D eigenvalue weighted by Gasteiger charge is -2.13. The monoisotopic (exact) mass is 402 g/mol. The summed E-state index contributed by atoms with van der Waals surface area (Å²) in [6.45, 7) is -0.528. The van der Waals surface area contributed by atoms with Crippen molar-refractivity contribution in [3.8, 4) is 11.4 Å². The highest BCUT2D eigenvalue weighted by Gasteiger charge is 2.19. The lowest BCUT2D eigenvalue weighted by atomic mass is 10.2. The van der Waals surface area contributed by atoms with Crippen molar-refractivity contribution < 1.29 is 17.6 Å². The zero-order chi connectivity index (χ0) is 20.3. The molecule has 3 rings (SSSR count). The smallest absolute Gasteiger partial charge is 0.278 e. The number of benzene rings is 2. The number of nitrogens with zero attached hydrogens (tertiary/aromatic N) is 2. The fraction of sp³-hybridized carbons (Fsp3) is 0.0556. The second-order valence-electron chi connectivity index (χ2n) is 5.78. The number of anilines is 1. The summed E-state index contributed by atoms with van der Waals surface area (Å²) in [7, 11) is -4.03. The number of aromatic nitrogens is 2. The van der Waals surface area contributed by atoms with Crippen molar-refractivity contribution in [1.29, 1.82) is 0 Å². The highest BCUT2D eigenvalue weighted by molar-refractivity contribution is 7.92. The summed E-state index contributed by atoms with van der Waals surface area (Å²) in [5, 5.41) is 0. The van der Waals surface area contributed by atoms with Crippen LogP contribution in [0.25, 0.3) is 11.4 Å². The fourth-order valence-corrected chi connectivity index (χ4v) is 3.56. The van der Waals surface area contributed by atoms with Crippen LogP contribution in [0, 0.1) is 5.82 Å². The summed E-state index contributed by atoms with van der Waals surface area (Å²) in [6, 6.07) is 12.5. The molecule has 3 aromatic rings. The highest BCUT2D eigenvalue weighted by Crippen LogP contribution is 2.18. The van der Waals surface area contributed by atoms with E-state index in [0.29, 0.717) is 5.56 Å². The second-order valence-corrected chi connectivity index (χ2v) is 7.46. The van der Waals surface area contributed by atoms with E-state index in [1.165, 1.54) is 48.5 Å². The molecule has 0 unspecified atom stereocenters. The van der Waals surface area contributed by atoms with Gasteiger partial charge in [0.15, 0.2) is 0 Å². The molecular weight excluding hydrogens is 387 g/mol. The molecule has 144 valence electrons. The summed E-state index contributed by atoms with van der Waals surface area (Å²) >= 11 is 0. The maximum atomic E-state index is 13.2. The van der Waals surface area contributed by atoms with Crippen LogP contribution < -0.4 is 16.0 Å². The predicted octanol–water partition coefficient (Wildman–Crippen LogP) is 1.34. The van der Waals surface area contributed by atoms with E-state index in [2.05, 4.69) is 9.71 Å². The van der Waals surface area contributed by atoms with Gasteiger partial charge in [0.25, 0.3) is 15.6 Å². The van der Waals surface area contributed by atoms with Crippen molar-refractivity contribution >= 4 is 21.6 Å². The van der Waals surface area contributed by atoms with Gasteiger partial charge in [0.1, 0.15) is 23.9 Å². The van der Waals surface area contributed by atoms with E-state index in [4.69, 9.17) is 5.73 Å². The number of rotatable bonds is 6. The Morgan fingerprint density at radius 1 is 1.11 bits per heavy atom. The Hall–Kier alpha value is -3.53. The van der Waals surface area contributed by atoms with Gasteiger partial charge >= 0.3 is 0 Å². The van der Waals surface area contributed by atoms with Crippen molar-refractivity contribution in [3.63, 3.8) is 0 Å². The number of carbonyl (C=O) groups excluding carboxylic acids is 1. The molecule has 3 N–H and O–H groups in total. The number of hydrogen-bond donors (Lipinski definition) is 2. The van der Waals surface area contributed by atoms with Crippen molar-refractivity contribution in [2.45, 2.75) is 11.4 Å². The molecule has 8 nitrogen and oxygen atoms in total. The quantitative estimate of drug-likeness (QED) is 0.644. The minimum absolute atomic E-state index is 0.0431. The largest absolute Gasteiger partial charge is 0.368 e. The van der Waals surface area contributed by atoms with Gasteiger partial charge in [0.2, 0.25) is 5.91 Å². The van der Waals surface area contributed by atoms with Crippen molar-refractivity contribution in [3.05, 3.63) is 77.0 Å². The molecule has 0 saturated carbocycles. The first-order chi connectivity index (χ1) is 13.3. The summed E-state index contributed by atoms with van der Waals surface area (Å²) in [5.41, 5.74) is 4.40. The Morgan fingerprint density at radius 3 is 2.36 bits per heavy atom. The zero-order valence-electron chi connectivity index (χ0n) is 14.4. The Bertz CT molecular complexity index is 1180. The first kappa shape index (κ1) is 19.2. The molecule has 0 aliphatic rings. The first-order valence-corrected chi connectivity index (χ1v) is 9.48. The van der Waals surface area contributed by atoms with Gasteiger partial charge in [-0.1, -0.05) is 18.2 Å². The Balaban J connectivity index is 2.08. The molecule has 1 amide bonds. The SMILES string of the molecule is NC(=O)Cn1c(-c2ccc(F)cc2)ncc(NS(=O)(=O)c2ccccc2)c1=O. The summed E-state index contributed by atoms with van der Waals surface area (Å²) in [6.07, 6.45) is 1.04. The van der Waals surface area contributed by atoms with Crippen LogP contribution >= 0.6 is 0 Å². The summed E-state index contributed by atoms with van der Waals surface area (Å²) < 4.78 is 41.2. The average Bonchev–Trinajstić information content (AvgIpc) is 2.66. The van der Waals surface area contributed by atoms with Crippen LogP contribution in [0.3, 0.4) is 0 Å². The van der Waals surface area contributed by atoms with Crippen molar-refractivity contribution in [2.24, 2.45) is 5.73 Å². The first-order valence-electron chi connectivity index (χ1n) is 8.00. The number of halogens is 1. The van der Waals surface area contributed by atoms with Gasteiger partial charge in [0.05, 0.1) is 11.1 Å². The van der Waals surface area contributed by atoms with Gasteiger partial charge in [-0.2, -0.15) is 0 Å². The third-order valence-electron chi connectivity index (χ3n) is 3.76. The molecule has 0 aliphatic carbocycles. The third kappa shape index (κ3) is 4.07. The van der Waals surface area contributed by atoms with Crippen LogP contribution in [-0.4, -0.2) is 23.9 Å². The zero-order valence-corrected chi connectivity index (χ0v) is 15.2. The highest BCUT2D eigenvalue weighted by atomic mass is 32.2. The molecule has 1 aromatic heterocycles. The van der Waals surface area contributed by atoms with E-state index in [-0.39, 0.29) is 16.4 Å². The third-order valence-corrected chi connectivity index (χ3v) is 5.14. The van der Waals surface area contributed by atoms with Crippen LogP contribution in [-0.2, 0) is 21.4 Å². The minimum atomic E-state index is -4.03. The standard InChI is InChI=1S/C18H15FN4O4S/c19-13-8-6-12(7-9-13)17-21-10-15(18(25)23(17)11-16(20)24)22-28(26,27)14-4-2-1-3-5-14/h1-10,22H,11H2,(H2,20,24). The van der Waals surface area contributed by atoms with Crippen LogP contribution in [0.2, 0.25) is 0 Å². The van der Waals surface area contributed by atoms with Crippen LogP contribution in [0.4, 0.5) is 10.1 Å². The van der Waals surface area contributed by atoms with Crippen LogP contribution in [0.1, 0.15) is 0 Å². The number of carbonyl (C=O) groups is 1. The van der Waals surface area contributed by atoms with Gasteiger partial charge in [-0.25, -0.2) is 17.8 Å². The minimum Gasteiger partial charge on any atom is -0.368 e. The van der Waals surface area contributed by atoms with E-state index in [1.807, 2.05) is 0 Å². The second kappa shape index (κ2) is 7.61. The Labute approximate surface area is 159 Å². The molecule has 0 saturated heterocycles. The van der Waals surface area contributed by atoms with Gasteiger partial charge in [-0.3, -0.25) is 18.9 Å². The normalized spacial score (nSPS) is 11.2. The molecule has 0 spiro atoms. The molecule has 0 fully saturated rings. The molecule has 2 aromatic carbocycles. The van der Waals surface area contributed by atoms with E-state index in [0.717, 1.165) is 10.8 Å². The lowest BCUT2D eigenvalue weighted by Crippen LogP contribution is -2.32. The van der Waals surface area contributed by atoms with E-state index in [1.54, 1.807) is 6.07 Å². The van der Waals surface area contributed by atoms with Crippen LogP contribution in [0.5, 0.6) is 0 Å². The molecule has 10 heteroatoms. The summed E-state index contributed by atoms with van der Waals surface area (Å²) in [5.74, 6) is -1.26. The number of nitrogens with two attached hydrogens (primary N) is 1. The molecule has 1 heterocycles. The van der Waals surface area contributed by atoms with Crippen molar-refractivity contribution in [2.75, 3.05) is 4.72 Å². The number of primary amides is 1. The maximum Gasteiger partial charge on any atom is 0.278 e. The Kier molecular flexibility index (Phi) is 5.23. The van der Waals surface area contributed by atoms with Gasteiger partial charge < -0.3 is 5.73 Å². The van der Waals surface area contributed by atoms with E-state index in [9.17, 15) is 22.4 Å². The number of nitrogens with one attached hydrogen (secondary N) is 1. The Morgan fingerprint density at radius 2 is 1.75 bits per heavy atom. The fourth-order valence-electron chi connectivity index (χ4n) is 2.50. The van der Waals surface area contributed by atoms with Crippen LogP contribution in [0.15, 0.2) is 70.5 Å². The molecule has 0 radical (unpaired) electrons. The van der Waals surface area contributed by atoms with Gasteiger partial charge in [-0.15, -0.1) is 0 Å². The lowest BCUT2D eigenvalue weighted by molar-refractivity contribution is -0.118. The predicted molar refractivity (Wildman–Crippen MR) is 100 cm³/mol. The molecule has 0 atom stereocenters. The summed E-state index contributed by atoms with van der Waals surface area (Å²) in [4.78, 5) is 28.2. The van der Waals surface area contributed by atoms with Crippen molar-refractivity contribution in [1.82, 2.24) is 9.55 Å². The van der Waals surface area contributed by atoms with Gasteiger partial charge in [0, 0.05) is 5.56 Å². The molecule has 0 bridgehead atoms. The van der Waals surface area contributed by atoms with Gasteiger partial charge in [-0.05, 0) is 36.4 Å². The number of hydrogen-bond acceptors (Lipinski definition) is 5. The maximum absolute atomic E-state index is 13.2. The number of sulfonamides is 1. The van der Waals surface area contributed by atoms with E-state index >= 15 is 0 Å². The molecular formula is C18H15FN4O4S. The van der Waals surface area contributed by atoms with E-state index < -0.39 is 33.9 Å². The number of amides is 1. The molecule has 28 heavy (non-hydrogen) atoms. The topological polar surface area (TPSA) is 124 Å².